The molecule has 104 valence electrons. The van der Waals surface area contributed by atoms with Crippen LogP contribution in [-0.4, -0.2) is 30.7 Å². The van der Waals surface area contributed by atoms with Crippen LogP contribution in [-0.2, 0) is 0 Å². The first-order chi connectivity index (χ1) is 8.74. The average molecular weight is 278 g/mol. The van der Waals surface area contributed by atoms with Crippen molar-refractivity contribution in [3.05, 3.63) is 33.9 Å². The highest BCUT2D eigenvalue weighted by atomic mass is 19.4. The van der Waals surface area contributed by atoms with Crippen molar-refractivity contribution in [1.29, 1.82) is 0 Å². The lowest BCUT2D eigenvalue weighted by Crippen LogP contribution is -2.21. The quantitative estimate of drug-likeness (QED) is 0.673. The standard InChI is InChI=1S/C10H9F3N2O4/c1-14-9(16)7-4-6(19-5-10(11,12)13)2-3-8(7)15(17)18/h2-4H,5H2,1H3,(H,14,16). The van der Waals surface area contributed by atoms with E-state index in [0.717, 1.165) is 18.2 Å². The second kappa shape index (κ2) is 5.55. The molecule has 0 saturated heterocycles. The lowest BCUT2D eigenvalue weighted by Gasteiger charge is -2.10. The molecule has 19 heavy (non-hydrogen) atoms. The molecule has 0 aliphatic carbocycles. The van der Waals surface area contributed by atoms with Gasteiger partial charge >= 0.3 is 6.18 Å². The van der Waals surface area contributed by atoms with Crippen LogP contribution in [0.15, 0.2) is 18.2 Å². The zero-order valence-corrected chi connectivity index (χ0v) is 9.65. The minimum atomic E-state index is -4.53. The number of hydrogen-bond donors (Lipinski definition) is 1. The van der Waals surface area contributed by atoms with Gasteiger partial charge in [0.1, 0.15) is 11.3 Å². The van der Waals surface area contributed by atoms with Crippen molar-refractivity contribution in [2.24, 2.45) is 0 Å². The molecule has 0 aliphatic rings. The van der Waals surface area contributed by atoms with Crippen LogP contribution < -0.4 is 10.1 Å². The lowest BCUT2D eigenvalue weighted by atomic mass is 10.1. The van der Waals surface area contributed by atoms with E-state index in [1.165, 1.54) is 7.05 Å². The molecule has 6 nitrogen and oxygen atoms in total. The molecule has 1 aromatic rings. The largest absolute Gasteiger partial charge is 0.484 e. The maximum Gasteiger partial charge on any atom is 0.422 e. The number of ether oxygens (including phenoxy) is 1. The van der Waals surface area contributed by atoms with Crippen LogP contribution in [0.5, 0.6) is 5.75 Å². The predicted molar refractivity (Wildman–Crippen MR) is 58.0 cm³/mol. The average Bonchev–Trinajstić information content (AvgIpc) is 2.34. The van der Waals surface area contributed by atoms with Crippen LogP contribution in [0, 0.1) is 10.1 Å². The Morgan fingerprint density at radius 1 is 1.47 bits per heavy atom. The van der Waals surface area contributed by atoms with E-state index in [1.807, 2.05) is 0 Å². The van der Waals surface area contributed by atoms with E-state index in [2.05, 4.69) is 10.1 Å². The van der Waals surface area contributed by atoms with Crippen molar-refractivity contribution in [1.82, 2.24) is 5.32 Å². The molecule has 0 unspecified atom stereocenters. The Morgan fingerprint density at radius 3 is 2.58 bits per heavy atom. The van der Waals surface area contributed by atoms with Crippen molar-refractivity contribution in [3.63, 3.8) is 0 Å². The SMILES string of the molecule is CNC(=O)c1cc(OCC(F)(F)F)ccc1[N+](=O)[O-]. The first kappa shape index (κ1) is 14.7. The molecule has 1 aromatic carbocycles. The fourth-order valence-corrected chi connectivity index (χ4v) is 1.25. The van der Waals surface area contributed by atoms with Gasteiger partial charge in [-0.3, -0.25) is 14.9 Å². The number of nitro groups is 1. The molecule has 0 aliphatic heterocycles. The van der Waals surface area contributed by atoms with Gasteiger partial charge < -0.3 is 10.1 Å². The molecule has 0 heterocycles. The van der Waals surface area contributed by atoms with Crippen molar-refractivity contribution in [3.8, 4) is 5.75 Å². The second-order valence-electron chi connectivity index (χ2n) is 3.42. The summed E-state index contributed by atoms with van der Waals surface area (Å²) in [6.45, 7) is -1.54. The van der Waals surface area contributed by atoms with E-state index < -0.39 is 29.3 Å². The molecule has 9 heteroatoms. The number of nitrogens with zero attached hydrogens (tertiary/aromatic N) is 1. The number of hydrogen-bond acceptors (Lipinski definition) is 4. The van der Waals surface area contributed by atoms with Crippen LogP contribution in [0.2, 0.25) is 0 Å². The Hall–Kier alpha value is -2.32. The topological polar surface area (TPSA) is 81.5 Å². The number of benzene rings is 1. The fraction of sp³-hybridized carbons (Fsp3) is 0.300. The molecule has 1 rings (SSSR count). The molecule has 1 amide bonds. The maximum absolute atomic E-state index is 12.0. The monoisotopic (exact) mass is 278 g/mol. The molecule has 0 atom stereocenters. The normalized spacial score (nSPS) is 10.9. The van der Waals surface area contributed by atoms with Gasteiger partial charge in [-0.15, -0.1) is 0 Å². The van der Waals surface area contributed by atoms with Gasteiger partial charge in [-0.05, 0) is 12.1 Å². The first-order valence-electron chi connectivity index (χ1n) is 4.94. The molecule has 0 fully saturated rings. The first-order valence-corrected chi connectivity index (χ1v) is 4.94. The van der Waals surface area contributed by atoms with Gasteiger partial charge in [-0.2, -0.15) is 13.2 Å². The van der Waals surface area contributed by atoms with E-state index >= 15 is 0 Å². The van der Waals surface area contributed by atoms with E-state index in [-0.39, 0.29) is 11.3 Å². The van der Waals surface area contributed by atoms with Crippen molar-refractivity contribution in [2.75, 3.05) is 13.7 Å². The summed E-state index contributed by atoms with van der Waals surface area (Å²) in [4.78, 5) is 21.3. The maximum atomic E-state index is 12.0. The number of alkyl halides is 3. The number of amides is 1. The van der Waals surface area contributed by atoms with Crippen LogP contribution in [0.3, 0.4) is 0 Å². The van der Waals surface area contributed by atoms with Crippen LogP contribution in [0.25, 0.3) is 0 Å². The van der Waals surface area contributed by atoms with Crippen LogP contribution >= 0.6 is 0 Å². The van der Waals surface area contributed by atoms with Crippen molar-refractivity contribution >= 4 is 11.6 Å². The van der Waals surface area contributed by atoms with Crippen LogP contribution in [0.1, 0.15) is 10.4 Å². The summed E-state index contributed by atoms with van der Waals surface area (Å²) in [6.07, 6.45) is -4.53. The zero-order chi connectivity index (χ0) is 14.6. The van der Waals surface area contributed by atoms with Gasteiger partial charge in [0.2, 0.25) is 0 Å². The lowest BCUT2D eigenvalue weighted by molar-refractivity contribution is -0.385. The van der Waals surface area contributed by atoms with Gasteiger partial charge in [0.05, 0.1) is 4.92 Å². The van der Waals surface area contributed by atoms with Crippen molar-refractivity contribution < 1.29 is 27.6 Å². The number of halogens is 3. The number of nitro benzene ring substituents is 1. The van der Waals surface area contributed by atoms with Crippen LogP contribution in [0.4, 0.5) is 18.9 Å². The Labute approximate surface area is 105 Å². The fourth-order valence-electron chi connectivity index (χ4n) is 1.25. The molecule has 0 saturated carbocycles. The van der Waals surface area contributed by atoms with Gasteiger partial charge in [0, 0.05) is 13.1 Å². The van der Waals surface area contributed by atoms with Crippen molar-refractivity contribution in [2.45, 2.75) is 6.18 Å². The summed E-state index contributed by atoms with van der Waals surface area (Å²) in [6, 6.07) is 2.80. The molecule has 0 spiro atoms. The summed E-state index contributed by atoms with van der Waals surface area (Å²) >= 11 is 0. The minimum absolute atomic E-state index is 0.276. The molecule has 0 bridgehead atoms. The summed E-state index contributed by atoms with van der Waals surface area (Å²) in [5.41, 5.74) is -0.883. The number of nitrogens with one attached hydrogen (secondary N) is 1. The summed E-state index contributed by atoms with van der Waals surface area (Å²) in [7, 11) is 1.25. The highest BCUT2D eigenvalue weighted by molar-refractivity contribution is 5.98. The Kier molecular flexibility index (Phi) is 4.30. The van der Waals surface area contributed by atoms with E-state index in [0.29, 0.717) is 0 Å². The van der Waals surface area contributed by atoms with Gasteiger partial charge in [-0.25, -0.2) is 0 Å². The third kappa shape index (κ3) is 4.12. The Balaban J connectivity index is 3.05. The number of carbonyl (C=O) groups is 1. The third-order valence-electron chi connectivity index (χ3n) is 2.04. The summed E-state index contributed by atoms with van der Waals surface area (Å²) in [5.74, 6) is -1.06. The van der Waals surface area contributed by atoms with Gasteiger partial charge in [0.15, 0.2) is 6.61 Å². The Morgan fingerprint density at radius 2 is 2.11 bits per heavy atom. The smallest absolute Gasteiger partial charge is 0.422 e. The predicted octanol–water partition coefficient (Wildman–Crippen LogP) is 1.90. The minimum Gasteiger partial charge on any atom is -0.484 e. The zero-order valence-electron chi connectivity index (χ0n) is 9.65. The molecular formula is C10H9F3N2O4. The number of rotatable bonds is 4. The molecule has 0 aromatic heterocycles. The summed E-state index contributed by atoms with van der Waals surface area (Å²) in [5, 5.41) is 12.8. The van der Waals surface area contributed by atoms with Gasteiger partial charge in [-0.1, -0.05) is 0 Å². The Bertz CT molecular complexity index is 502. The van der Waals surface area contributed by atoms with E-state index in [1.54, 1.807) is 0 Å². The van der Waals surface area contributed by atoms with E-state index in [4.69, 9.17) is 0 Å². The third-order valence-corrected chi connectivity index (χ3v) is 2.04. The van der Waals surface area contributed by atoms with E-state index in [9.17, 15) is 28.1 Å². The molecular weight excluding hydrogens is 269 g/mol. The van der Waals surface area contributed by atoms with Gasteiger partial charge in [0.25, 0.3) is 11.6 Å². The molecule has 0 radical (unpaired) electrons. The highest BCUT2D eigenvalue weighted by Crippen LogP contribution is 2.25. The highest BCUT2D eigenvalue weighted by Gasteiger charge is 2.29. The number of carbonyl (C=O) groups excluding carboxylic acids is 1. The summed E-state index contributed by atoms with van der Waals surface area (Å²) < 4.78 is 40.3. The second-order valence-corrected chi connectivity index (χ2v) is 3.42. The molecule has 1 N–H and O–H groups in total.